The number of piperidine rings is 1. The summed E-state index contributed by atoms with van der Waals surface area (Å²) in [6, 6.07) is 15.0. The summed E-state index contributed by atoms with van der Waals surface area (Å²) < 4.78 is 0. The van der Waals surface area contributed by atoms with Gasteiger partial charge in [0.25, 0.3) is 5.91 Å². The average Bonchev–Trinajstić information content (AvgIpc) is 3.37. The van der Waals surface area contributed by atoms with Crippen molar-refractivity contribution in [1.29, 1.82) is 0 Å². The Morgan fingerprint density at radius 2 is 1.70 bits per heavy atom. The molecule has 214 valence electrons. The summed E-state index contributed by atoms with van der Waals surface area (Å²) in [7, 11) is 0. The third-order valence-corrected chi connectivity index (χ3v) is 9.93. The molecular formula is C34H46N4O2. The molecule has 6 nitrogen and oxygen atoms in total. The highest BCUT2D eigenvalue weighted by molar-refractivity contribution is 5.97. The summed E-state index contributed by atoms with van der Waals surface area (Å²) >= 11 is 0. The molecule has 40 heavy (non-hydrogen) atoms. The highest BCUT2D eigenvalue weighted by Crippen LogP contribution is 2.40. The number of rotatable bonds is 6. The zero-order valence-corrected chi connectivity index (χ0v) is 23.9. The number of carbonyl (C=O) groups is 2. The molecule has 6 rings (SSSR count). The first-order chi connectivity index (χ1) is 19.7. The van der Waals surface area contributed by atoms with Crippen LogP contribution in [0.5, 0.6) is 0 Å². The number of hydrogen-bond donors (Lipinski definition) is 3. The maximum Gasteiger partial charge on any atom is 0.251 e. The van der Waals surface area contributed by atoms with Gasteiger partial charge in [0.1, 0.15) is 0 Å². The van der Waals surface area contributed by atoms with Crippen LogP contribution in [0.1, 0.15) is 110 Å². The summed E-state index contributed by atoms with van der Waals surface area (Å²) in [5.74, 6) is 1.60. The molecule has 3 unspecified atom stereocenters. The molecule has 3 N–H and O–H groups in total. The third kappa shape index (κ3) is 6.28. The Labute approximate surface area is 239 Å². The van der Waals surface area contributed by atoms with Gasteiger partial charge in [-0.25, -0.2) is 0 Å². The lowest BCUT2D eigenvalue weighted by Crippen LogP contribution is -2.43. The predicted octanol–water partition coefficient (Wildman–Crippen LogP) is 5.63. The van der Waals surface area contributed by atoms with Crippen molar-refractivity contribution in [1.82, 2.24) is 16.0 Å². The summed E-state index contributed by atoms with van der Waals surface area (Å²) in [4.78, 5) is 27.9. The molecule has 3 atom stereocenters. The number of carbonyl (C=O) groups excluding carboxylic acids is 2. The molecule has 6 heteroatoms. The van der Waals surface area contributed by atoms with Gasteiger partial charge in [0.2, 0.25) is 5.91 Å². The van der Waals surface area contributed by atoms with Crippen LogP contribution in [0.4, 0.5) is 5.69 Å². The molecule has 0 aromatic heterocycles. The fourth-order valence-electron chi connectivity index (χ4n) is 7.54. The van der Waals surface area contributed by atoms with E-state index in [1.165, 1.54) is 68.9 Å². The molecule has 0 radical (unpaired) electrons. The lowest BCUT2D eigenvalue weighted by atomic mass is 9.75. The minimum Gasteiger partial charge on any atom is -0.350 e. The molecule has 2 aromatic rings. The Kier molecular flexibility index (Phi) is 8.83. The Bertz CT molecular complexity index is 1160. The second-order valence-corrected chi connectivity index (χ2v) is 12.6. The molecular weight excluding hydrogens is 496 g/mol. The van der Waals surface area contributed by atoms with Crippen LogP contribution in [-0.2, 0) is 11.3 Å². The highest BCUT2D eigenvalue weighted by atomic mass is 16.2. The molecule has 2 aromatic carbocycles. The highest BCUT2D eigenvalue weighted by Gasteiger charge is 2.34. The molecule has 3 aliphatic heterocycles. The lowest BCUT2D eigenvalue weighted by Gasteiger charge is -2.35. The van der Waals surface area contributed by atoms with E-state index in [4.69, 9.17) is 0 Å². The van der Waals surface area contributed by atoms with Crippen molar-refractivity contribution < 1.29 is 9.59 Å². The second-order valence-electron chi connectivity index (χ2n) is 12.6. The molecule has 2 saturated heterocycles. The SMILES string of the molecule is O=C(NCC1CCCCN1)c1ccc(C2CC(=O)N(c3ccc4c(c3)C(C3CCCCCCC3)CNC4)C2)cc1. The van der Waals surface area contributed by atoms with Crippen molar-refractivity contribution in [3.8, 4) is 0 Å². The van der Waals surface area contributed by atoms with E-state index >= 15 is 0 Å². The van der Waals surface area contributed by atoms with Gasteiger partial charge in [-0.15, -0.1) is 0 Å². The van der Waals surface area contributed by atoms with Crippen LogP contribution in [0.2, 0.25) is 0 Å². The maximum absolute atomic E-state index is 13.2. The van der Waals surface area contributed by atoms with E-state index in [9.17, 15) is 9.59 Å². The smallest absolute Gasteiger partial charge is 0.251 e. The molecule has 0 spiro atoms. The Balaban J connectivity index is 1.11. The summed E-state index contributed by atoms with van der Waals surface area (Å²) in [6.45, 7) is 4.38. The second kappa shape index (κ2) is 12.9. The van der Waals surface area contributed by atoms with E-state index in [0.717, 1.165) is 43.2 Å². The van der Waals surface area contributed by atoms with Crippen molar-refractivity contribution in [2.75, 3.05) is 31.1 Å². The van der Waals surface area contributed by atoms with Gasteiger partial charge in [-0.1, -0.05) is 56.7 Å². The Morgan fingerprint density at radius 1 is 0.925 bits per heavy atom. The van der Waals surface area contributed by atoms with Crippen molar-refractivity contribution in [3.63, 3.8) is 0 Å². The van der Waals surface area contributed by atoms with Gasteiger partial charge in [0.15, 0.2) is 0 Å². The van der Waals surface area contributed by atoms with Crippen LogP contribution in [0.15, 0.2) is 42.5 Å². The molecule has 0 bridgehead atoms. The zero-order valence-electron chi connectivity index (χ0n) is 23.9. The van der Waals surface area contributed by atoms with E-state index in [0.29, 0.717) is 37.0 Å². The third-order valence-electron chi connectivity index (χ3n) is 9.93. The van der Waals surface area contributed by atoms with Gasteiger partial charge in [-0.2, -0.15) is 0 Å². The van der Waals surface area contributed by atoms with Gasteiger partial charge < -0.3 is 20.9 Å². The Hall–Kier alpha value is -2.70. The van der Waals surface area contributed by atoms with Crippen molar-refractivity contribution in [3.05, 3.63) is 64.7 Å². The number of nitrogens with zero attached hydrogens (tertiary/aromatic N) is 1. The number of nitrogens with one attached hydrogen (secondary N) is 3. The van der Waals surface area contributed by atoms with Crippen LogP contribution in [0, 0.1) is 5.92 Å². The van der Waals surface area contributed by atoms with Gasteiger partial charge in [-0.3, -0.25) is 9.59 Å². The van der Waals surface area contributed by atoms with Crippen LogP contribution in [-0.4, -0.2) is 44.0 Å². The summed E-state index contributed by atoms with van der Waals surface area (Å²) in [5.41, 5.74) is 5.74. The predicted molar refractivity (Wildman–Crippen MR) is 161 cm³/mol. The zero-order chi connectivity index (χ0) is 27.3. The fraction of sp³-hybridized carbons (Fsp3) is 0.588. The van der Waals surface area contributed by atoms with Gasteiger partial charge in [-0.05, 0) is 85.0 Å². The van der Waals surface area contributed by atoms with E-state index in [1.807, 2.05) is 29.2 Å². The molecule has 3 fully saturated rings. The summed E-state index contributed by atoms with van der Waals surface area (Å²) in [5, 5.41) is 10.2. The molecule has 4 aliphatic rings. The van der Waals surface area contributed by atoms with Gasteiger partial charge in [0, 0.05) is 55.8 Å². The number of benzene rings is 2. The lowest BCUT2D eigenvalue weighted by molar-refractivity contribution is -0.117. The van der Waals surface area contributed by atoms with Crippen LogP contribution < -0.4 is 20.9 Å². The maximum atomic E-state index is 13.2. The minimum atomic E-state index is -0.0227. The van der Waals surface area contributed by atoms with Crippen molar-refractivity contribution in [2.24, 2.45) is 5.92 Å². The number of amides is 2. The molecule has 2 amide bonds. The summed E-state index contributed by atoms with van der Waals surface area (Å²) in [6.07, 6.45) is 13.6. The van der Waals surface area contributed by atoms with Crippen LogP contribution in [0.25, 0.3) is 0 Å². The first-order valence-corrected chi connectivity index (χ1v) is 15.9. The largest absolute Gasteiger partial charge is 0.350 e. The average molecular weight is 543 g/mol. The first-order valence-electron chi connectivity index (χ1n) is 15.9. The van der Waals surface area contributed by atoms with E-state index in [1.54, 1.807) is 0 Å². The van der Waals surface area contributed by atoms with E-state index in [2.05, 4.69) is 34.1 Å². The number of fused-ring (bicyclic) bond motifs is 1. The molecule has 3 heterocycles. The van der Waals surface area contributed by atoms with E-state index < -0.39 is 0 Å². The van der Waals surface area contributed by atoms with Crippen LogP contribution in [0.3, 0.4) is 0 Å². The fourth-order valence-corrected chi connectivity index (χ4v) is 7.54. The quantitative estimate of drug-likeness (QED) is 0.443. The van der Waals surface area contributed by atoms with Crippen molar-refractivity contribution in [2.45, 2.75) is 95.1 Å². The number of anilines is 1. The topological polar surface area (TPSA) is 73.5 Å². The molecule has 1 aliphatic carbocycles. The van der Waals surface area contributed by atoms with E-state index in [-0.39, 0.29) is 17.7 Å². The first kappa shape index (κ1) is 27.5. The van der Waals surface area contributed by atoms with Crippen LogP contribution >= 0.6 is 0 Å². The van der Waals surface area contributed by atoms with Gasteiger partial charge in [0.05, 0.1) is 0 Å². The Morgan fingerprint density at radius 3 is 2.48 bits per heavy atom. The molecule has 1 saturated carbocycles. The van der Waals surface area contributed by atoms with Crippen molar-refractivity contribution >= 4 is 17.5 Å². The minimum absolute atomic E-state index is 0.0227. The van der Waals surface area contributed by atoms with Gasteiger partial charge >= 0.3 is 0 Å². The standard InChI is InChI=1S/C34H46N4O2/c39-33-18-28(24-11-13-26(14-12-24)34(40)37-21-29-10-6-7-17-36-29)23-38(33)30-16-15-27-20-35-22-32(31(27)19-30)25-8-4-2-1-3-5-9-25/h11-16,19,25,28-29,32,35-36H,1-10,17-18,20-23H2,(H,37,40). The number of hydrogen-bond acceptors (Lipinski definition) is 4. The monoisotopic (exact) mass is 542 g/mol. The normalized spacial score (nSPS) is 26.1.